The second kappa shape index (κ2) is 8.07. The molecule has 0 aromatic heterocycles. The van der Waals surface area contributed by atoms with Crippen molar-refractivity contribution in [1.29, 1.82) is 0 Å². The molecule has 32 heavy (non-hydrogen) atoms. The fourth-order valence-electron chi connectivity index (χ4n) is 5.69. The fraction of sp³-hybridized carbons (Fsp3) is 0.500. The molecule has 4 aliphatic rings. The smallest absolute Gasteiger partial charge is 0.407 e. The van der Waals surface area contributed by atoms with E-state index in [0.29, 0.717) is 17.2 Å². The third kappa shape index (κ3) is 3.85. The molecule has 3 saturated heterocycles. The highest BCUT2D eigenvalue weighted by molar-refractivity contribution is 5.71. The largest absolute Gasteiger partial charge is 0.497 e. The van der Waals surface area contributed by atoms with Gasteiger partial charge in [0.05, 0.1) is 13.2 Å². The highest BCUT2D eigenvalue weighted by Crippen LogP contribution is 2.47. The first-order valence-corrected chi connectivity index (χ1v) is 11.5. The fourth-order valence-corrected chi connectivity index (χ4v) is 5.69. The van der Waals surface area contributed by atoms with E-state index in [0.717, 1.165) is 55.6 Å². The van der Waals surface area contributed by atoms with Crippen LogP contribution in [0.2, 0.25) is 0 Å². The number of hydrogen-bond acceptors (Lipinski definition) is 4. The topological polar surface area (TPSA) is 50.8 Å². The molecule has 6 heteroatoms. The Labute approximate surface area is 188 Å². The van der Waals surface area contributed by atoms with E-state index in [2.05, 4.69) is 24.1 Å². The number of carbonyl (C=O) groups is 1. The van der Waals surface area contributed by atoms with Crippen LogP contribution in [-0.2, 0) is 11.2 Å². The Bertz CT molecular complexity index is 1030. The first-order valence-electron chi connectivity index (χ1n) is 11.5. The lowest BCUT2D eigenvalue weighted by molar-refractivity contribution is -0.0349. The zero-order chi connectivity index (χ0) is 22.5. The Hall–Kier alpha value is -2.60. The molecule has 5 nitrogen and oxygen atoms in total. The van der Waals surface area contributed by atoms with Gasteiger partial charge in [0.15, 0.2) is 0 Å². The van der Waals surface area contributed by atoms with E-state index in [1.807, 2.05) is 30.3 Å². The van der Waals surface area contributed by atoms with E-state index < -0.39 is 6.09 Å². The SMILES string of the molecule is COc1cccc(-c2cc3c(cc2F)C(NC(=O)O[C@H]2CN4CCC2CC4)C(C)(C)C3)c1. The van der Waals surface area contributed by atoms with Gasteiger partial charge in [-0.1, -0.05) is 26.0 Å². The molecule has 3 aliphatic heterocycles. The van der Waals surface area contributed by atoms with Crippen molar-refractivity contribution < 1.29 is 18.7 Å². The number of fused-ring (bicyclic) bond motifs is 4. The van der Waals surface area contributed by atoms with Gasteiger partial charge in [-0.2, -0.15) is 0 Å². The maximum atomic E-state index is 15.2. The van der Waals surface area contributed by atoms with Gasteiger partial charge in [0.1, 0.15) is 17.7 Å². The molecule has 2 bridgehead atoms. The van der Waals surface area contributed by atoms with Gasteiger partial charge in [0, 0.05) is 12.1 Å². The molecule has 1 amide bonds. The third-order valence-corrected chi connectivity index (χ3v) is 7.46. The number of nitrogens with zero attached hydrogens (tertiary/aromatic N) is 1. The van der Waals surface area contributed by atoms with Crippen molar-refractivity contribution in [3.63, 3.8) is 0 Å². The summed E-state index contributed by atoms with van der Waals surface area (Å²) in [7, 11) is 1.60. The molecular weight excluding hydrogens is 407 g/mol. The maximum Gasteiger partial charge on any atom is 0.407 e. The minimum Gasteiger partial charge on any atom is -0.497 e. The summed E-state index contributed by atoms with van der Waals surface area (Å²) in [5, 5.41) is 3.07. The average molecular weight is 439 g/mol. The van der Waals surface area contributed by atoms with Crippen LogP contribution >= 0.6 is 0 Å². The first kappa shape index (κ1) is 21.3. The van der Waals surface area contributed by atoms with Gasteiger partial charge in [0.2, 0.25) is 0 Å². The Kier molecular flexibility index (Phi) is 5.36. The van der Waals surface area contributed by atoms with Gasteiger partial charge in [-0.15, -0.1) is 0 Å². The third-order valence-electron chi connectivity index (χ3n) is 7.46. The summed E-state index contributed by atoms with van der Waals surface area (Å²) in [5.74, 6) is 0.850. The Morgan fingerprint density at radius 2 is 1.97 bits per heavy atom. The lowest BCUT2D eigenvalue weighted by Crippen LogP contribution is -2.53. The van der Waals surface area contributed by atoms with Crippen molar-refractivity contribution >= 4 is 6.09 Å². The van der Waals surface area contributed by atoms with Crippen LogP contribution in [-0.4, -0.2) is 43.8 Å². The maximum absolute atomic E-state index is 15.2. The van der Waals surface area contributed by atoms with Crippen LogP contribution in [0, 0.1) is 17.2 Å². The minimum atomic E-state index is -0.396. The molecule has 0 radical (unpaired) electrons. The Morgan fingerprint density at radius 1 is 1.19 bits per heavy atom. The van der Waals surface area contributed by atoms with Crippen molar-refractivity contribution in [2.75, 3.05) is 26.7 Å². The standard InChI is InChI=1S/C26H31FN2O3/c1-26(2)14-18-12-20(17-5-4-6-19(11-17)31-3)22(27)13-21(18)24(26)28-25(30)32-23-15-29-9-7-16(23)8-10-29/h4-6,11-13,16,23-24H,7-10,14-15H2,1-3H3,(H,28,30)/t23-,24?/m0/s1. The molecule has 170 valence electrons. The molecule has 1 N–H and O–H groups in total. The van der Waals surface area contributed by atoms with E-state index >= 15 is 4.39 Å². The van der Waals surface area contributed by atoms with E-state index in [9.17, 15) is 4.79 Å². The van der Waals surface area contributed by atoms with Crippen LogP contribution < -0.4 is 10.1 Å². The summed E-state index contributed by atoms with van der Waals surface area (Å²) in [5.41, 5.74) is 2.98. The van der Waals surface area contributed by atoms with Gasteiger partial charge in [-0.05, 0) is 84.6 Å². The quantitative estimate of drug-likeness (QED) is 0.734. The van der Waals surface area contributed by atoms with Crippen LogP contribution in [0.5, 0.6) is 5.75 Å². The lowest BCUT2D eigenvalue weighted by atomic mass is 9.85. The first-order chi connectivity index (χ1) is 15.3. The van der Waals surface area contributed by atoms with Gasteiger partial charge in [0.25, 0.3) is 0 Å². The highest BCUT2D eigenvalue weighted by Gasteiger charge is 2.42. The highest BCUT2D eigenvalue weighted by atomic mass is 19.1. The van der Waals surface area contributed by atoms with Crippen molar-refractivity contribution in [2.24, 2.45) is 11.3 Å². The van der Waals surface area contributed by atoms with Crippen LogP contribution in [0.3, 0.4) is 0 Å². The second-order valence-electron chi connectivity index (χ2n) is 10.1. The normalized spacial score (nSPS) is 27.6. The van der Waals surface area contributed by atoms with Gasteiger partial charge in [-0.25, -0.2) is 9.18 Å². The summed E-state index contributed by atoms with van der Waals surface area (Å²) >= 11 is 0. The Balaban J connectivity index is 1.37. The zero-order valence-electron chi connectivity index (χ0n) is 19.0. The second-order valence-corrected chi connectivity index (χ2v) is 10.1. The van der Waals surface area contributed by atoms with Crippen LogP contribution in [0.25, 0.3) is 11.1 Å². The van der Waals surface area contributed by atoms with Crippen molar-refractivity contribution in [1.82, 2.24) is 10.2 Å². The van der Waals surface area contributed by atoms with Crippen molar-refractivity contribution in [2.45, 2.75) is 45.3 Å². The number of rotatable bonds is 4. The number of ether oxygens (including phenoxy) is 2. The average Bonchev–Trinajstić information content (AvgIpc) is 3.03. The molecule has 1 unspecified atom stereocenters. The van der Waals surface area contributed by atoms with Gasteiger partial charge in [-0.3, -0.25) is 4.90 Å². The molecule has 0 spiro atoms. The van der Waals surface area contributed by atoms with E-state index in [-0.39, 0.29) is 23.4 Å². The zero-order valence-corrected chi connectivity index (χ0v) is 19.0. The molecule has 2 atom stereocenters. The monoisotopic (exact) mass is 438 g/mol. The molecule has 0 saturated carbocycles. The molecule has 3 heterocycles. The van der Waals surface area contributed by atoms with Gasteiger partial charge >= 0.3 is 6.09 Å². The van der Waals surface area contributed by atoms with E-state index in [1.54, 1.807) is 13.2 Å². The van der Waals surface area contributed by atoms with Crippen molar-refractivity contribution in [3.8, 4) is 16.9 Å². The van der Waals surface area contributed by atoms with E-state index in [4.69, 9.17) is 9.47 Å². The summed E-state index contributed by atoms with van der Waals surface area (Å²) in [6, 6.07) is 10.6. The number of piperidine rings is 3. The summed E-state index contributed by atoms with van der Waals surface area (Å²) in [4.78, 5) is 15.2. The summed E-state index contributed by atoms with van der Waals surface area (Å²) in [6.45, 7) is 7.24. The molecule has 6 rings (SSSR count). The van der Waals surface area contributed by atoms with Crippen LogP contribution in [0.1, 0.15) is 43.9 Å². The molecule has 3 fully saturated rings. The molecule has 2 aromatic carbocycles. The number of hydrogen-bond donors (Lipinski definition) is 1. The predicted octanol–water partition coefficient (Wildman–Crippen LogP) is 4.95. The number of methoxy groups -OCH3 is 1. The summed E-state index contributed by atoms with van der Waals surface area (Å²) in [6.07, 6.45) is 2.49. The number of nitrogens with one attached hydrogen (secondary N) is 1. The number of alkyl carbamates (subject to hydrolysis) is 1. The number of amides is 1. The lowest BCUT2D eigenvalue weighted by Gasteiger charge is -2.44. The minimum absolute atomic E-state index is 0.0475. The van der Waals surface area contributed by atoms with Crippen molar-refractivity contribution in [3.05, 3.63) is 53.3 Å². The summed E-state index contributed by atoms with van der Waals surface area (Å²) < 4.78 is 26.4. The molecule has 1 aliphatic carbocycles. The number of halogens is 1. The van der Waals surface area contributed by atoms with Crippen LogP contribution in [0.15, 0.2) is 36.4 Å². The van der Waals surface area contributed by atoms with Crippen LogP contribution in [0.4, 0.5) is 9.18 Å². The number of benzene rings is 2. The predicted molar refractivity (Wildman–Crippen MR) is 121 cm³/mol. The van der Waals surface area contributed by atoms with E-state index in [1.165, 1.54) is 0 Å². The Morgan fingerprint density at radius 3 is 2.66 bits per heavy atom. The molecular formula is C26H31FN2O3. The van der Waals surface area contributed by atoms with Gasteiger partial charge < -0.3 is 14.8 Å². The number of carbonyl (C=O) groups excluding carboxylic acids is 1. The molecule has 2 aromatic rings.